The minimum Gasteiger partial charge on any atom is -0.478 e. The van der Waals surface area contributed by atoms with Crippen LogP contribution in [-0.2, 0) is 25.7 Å². The summed E-state index contributed by atoms with van der Waals surface area (Å²) >= 11 is 0. The molecule has 0 aromatic heterocycles. The van der Waals surface area contributed by atoms with Crippen molar-refractivity contribution in [3.63, 3.8) is 0 Å². The van der Waals surface area contributed by atoms with Gasteiger partial charge in [-0.25, -0.2) is 9.59 Å². The molecule has 5 rings (SSSR count). The van der Waals surface area contributed by atoms with Crippen molar-refractivity contribution in [2.45, 2.75) is 39.0 Å². The van der Waals surface area contributed by atoms with Gasteiger partial charge in [0.2, 0.25) is 0 Å². The molecule has 0 spiro atoms. The number of carbonyl (C=O) groups is 2. The first-order chi connectivity index (χ1) is 16.0. The zero-order valence-electron chi connectivity index (χ0n) is 18.6. The minimum absolute atomic E-state index is 0.0807. The molecule has 166 valence electrons. The zero-order valence-corrected chi connectivity index (χ0v) is 18.6. The summed E-state index contributed by atoms with van der Waals surface area (Å²) in [5.41, 5.74) is 4.68. The third kappa shape index (κ3) is 3.76. The molecule has 1 unspecified atom stereocenters. The van der Waals surface area contributed by atoms with Gasteiger partial charge in [0.15, 0.2) is 0 Å². The maximum Gasteiger partial charge on any atom is 0.335 e. The molecular formula is C29H26O4. The summed E-state index contributed by atoms with van der Waals surface area (Å²) in [5.74, 6) is -2.07. The molecule has 3 aromatic rings. The Morgan fingerprint density at radius 3 is 2.33 bits per heavy atom. The Bertz CT molecular complexity index is 1480. The molecule has 0 fully saturated rings. The van der Waals surface area contributed by atoms with Crippen LogP contribution in [0.2, 0.25) is 0 Å². The van der Waals surface area contributed by atoms with Gasteiger partial charge in [-0.3, -0.25) is 0 Å². The number of aromatic carboxylic acids is 2. The number of fused-ring (bicyclic) bond motifs is 4. The molecule has 2 aliphatic rings. The number of hydrogen-bond donors (Lipinski definition) is 2. The summed E-state index contributed by atoms with van der Waals surface area (Å²) in [7, 11) is 0. The van der Waals surface area contributed by atoms with Crippen molar-refractivity contribution in [1.82, 2.24) is 0 Å². The van der Waals surface area contributed by atoms with Crippen molar-refractivity contribution in [1.29, 1.82) is 0 Å². The lowest BCUT2D eigenvalue weighted by Crippen LogP contribution is -2.24. The number of carboxylic acid groups (broad SMARTS) is 2. The lowest BCUT2D eigenvalue weighted by atomic mass is 9.81. The third-order valence-electron chi connectivity index (χ3n) is 7.09. The molecule has 0 amide bonds. The van der Waals surface area contributed by atoms with E-state index in [1.165, 1.54) is 55.8 Å². The van der Waals surface area contributed by atoms with Gasteiger partial charge in [-0.2, -0.15) is 0 Å². The summed E-state index contributed by atoms with van der Waals surface area (Å²) in [6, 6.07) is 15.6. The SMILES string of the molecule is CCc1ccc2c(c1)=CCc1c3c(ccc1=2)=CC(Cc1c(C(=O)O)cccc1C(=O)O)CC3. The number of hydrogen-bond acceptors (Lipinski definition) is 2. The number of carboxylic acids is 2. The second-order valence-electron chi connectivity index (χ2n) is 8.95. The van der Waals surface area contributed by atoms with Gasteiger partial charge in [0.25, 0.3) is 0 Å². The lowest BCUT2D eigenvalue weighted by molar-refractivity contribution is 0.0695. The Morgan fingerprint density at radius 1 is 0.909 bits per heavy atom. The quantitative estimate of drug-likeness (QED) is 0.635. The average Bonchev–Trinajstić information content (AvgIpc) is 2.82. The van der Waals surface area contributed by atoms with Crippen LogP contribution in [0.15, 0.2) is 48.5 Å². The molecule has 0 saturated heterocycles. The number of aryl methyl sites for hydroxylation is 1. The Morgan fingerprint density at radius 2 is 1.64 bits per heavy atom. The van der Waals surface area contributed by atoms with Gasteiger partial charge in [-0.1, -0.05) is 55.5 Å². The van der Waals surface area contributed by atoms with Crippen molar-refractivity contribution in [3.05, 3.63) is 103 Å². The second-order valence-corrected chi connectivity index (χ2v) is 8.95. The first kappa shape index (κ1) is 21.2. The largest absolute Gasteiger partial charge is 0.478 e. The van der Waals surface area contributed by atoms with E-state index in [0.29, 0.717) is 12.0 Å². The topological polar surface area (TPSA) is 74.6 Å². The third-order valence-corrected chi connectivity index (χ3v) is 7.09. The monoisotopic (exact) mass is 438 g/mol. The maximum atomic E-state index is 11.7. The predicted molar refractivity (Wildman–Crippen MR) is 128 cm³/mol. The number of benzene rings is 3. The fourth-order valence-electron chi connectivity index (χ4n) is 5.40. The first-order valence-corrected chi connectivity index (χ1v) is 11.5. The molecule has 2 N–H and O–H groups in total. The van der Waals surface area contributed by atoms with E-state index in [0.717, 1.165) is 25.7 Å². The molecule has 0 bridgehead atoms. The smallest absolute Gasteiger partial charge is 0.335 e. The van der Waals surface area contributed by atoms with E-state index in [9.17, 15) is 19.8 Å². The van der Waals surface area contributed by atoms with Crippen LogP contribution in [0, 0.1) is 16.4 Å². The van der Waals surface area contributed by atoms with Crippen molar-refractivity contribution >= 4 is 24.1 Å². The van der Waals surface area contributed by atoms with Crippen molar-refractivity contribution in [3.8, 4) is 0 Å². The van der Waals surface area contributed by atoms with Gasteiger partial charge in [0.05, 0.1) is 11.1 Å². The highest BCUT2D eigenvalue weighted by molar-refractivity contribution is 5.96. The highest BCUT2D eigenvalue weighted by Gasteiger charge is 2.23. The van der Waals surface area contributed by atoms with Crippen molar-refractivity contribution < 1.29 is 19.8 Å². The van der Waals surface area contributed by atoms with Crippen LogP contribution < -0.4 is 10.4 Å². The summed E-state index contributed by atoms with van der Waals surface area (Å²) < 4.78 is 0. The molecule has 1 atom stereocenters. The van der Waals surface area contributed by atoms with Crippen molar-refractivity contribution in [2.24, 2.45) is 5.92 Å². The first-order valence-electron chi connectivity index (χ1n) is 11.5. The Hall–Kier alpha value is -3.66. The van der Waals surface area contributed by atoms with Gasteiger partial charge in [-0.05, 0) is 93.3 Å². The van der Waals surface area contributed by atoms with Crippen molar-refractivity contribution in [2.75, 3.05) is 0 Å². The van der Waals surface area contributed by atoms with Crippen LogP contribution in [-0.4, -0.2) is 22.2 Å². The zero-order chi connectivity index (χ0) is 23.1. The van der Waals surface area contributed by atoms with Gasteiger partial charge in [0.1, 0.15) is 0 Å². The van der Waals surface area contributed by atoms with Gasteiger partial charge in [0, 0.05) is 0 Å². The lowest BCUT2D eigenvalue weighted by Gasteiger charge is -2.23. The summed E-state index contributed by atoms with van der Waals surface area (Å²) in [6.07, 6.45) is 8.68. The van der Waals surface area contributed by atoms with Crippen LogP contribution in [0.4, 0.5) is 0 Å². The summed E-state index contributed by atoms with van der Waals surface area (Å²) in [4.78, 5) is 23.5. The Kier molecular flexibility index (Phi) is 5.37. The molecule has 4 heteroatoms. The molecule has 4 nitrogen and oxygen atoms in total. The molecule has 33 heavy (non-hydrogen) atoms. The Labute approximate surface area is 191 Å². The van der Waals surface area contributed by atoms with E-state index in [1.807, 2.05) is 0 Å². The van der Waals surface area contributed by atoms with Gasteiger partial charge < -0.3 is 10.2 Å². The average molecular weight is 439 g/mol. The molecule has 0 radical (unpaired) electrons. The maximum absolute atomic E-state index is 11.7. The molecular weight excluding hydrogens is 412 g/mol. The predicted octanol–water partition coefficient (Wildman–Crippen LogP) is 3.85. The van der Waals surface area contributed by atoms with E-state index >= 15 is 0 Å². The van der Waals surface area contributed by atoms with Gasteiger partial charge >= 0.3 is 11.9 Å². The summed E-state index contributed by atoms with van der Waals surface area (Å²) in [6.45, 7) is 2.18. The van der Waals surface area contributed by atoms with E-state index < -0.39 is 11.9 Å². The van der Waals surface area contributed by atoms with E-state index in [2.05, 4.69) is 49.4 Å². The van der Waals surface area contributed by atoms with Crippen LogP contribution >= 0.6 is 0 Å². The molecule has 2 aliphatic carbocycles. The standard InChI is InChI=1S/C29H26O4/c1-2-17-6-10-21-19(14-17)8-12-24-22-11-7-18(15-20(22)9-13-23(21)24)16-27-25(28(30)31)4-3-5-26(27)29(32)33/h3-6,8-10,13-15,18H,2,7,11-12,16H2,1H3,(H,30,31)(H,32,33). The molecule has 0 heterocycles. The van der Waals surface area contributed by atoms with E-state index in [1.54, 1.807) is 0 Å². The number of rotatable bonds is 5. The van der Waals surface area contributed by atoms with Crippen LogP contribution in [0.5, 0.6) is 0 Å². The van der Waals surface area contributed by atoms with Crippen LogP contribution in [0.3, 0.4) is 0 Å². The molecule has 0 saturated carbocycles. The normalized spacial score (nSPS) is 16.0. The highest BCUT2D eigenvalue weighted by atomic mass is 16.4. The van der Waals surface area contributed by atoms with E-state index in [4.69, 9.17) is 0 Å². The fraction of sp³-hybridized carbons (Fsp3) is 0.241. The fourth-order valence-corrected chi connectivity index (χ4v) is 5.40. The molecule has 0 aliphatic heterocycles. The van der Waals surface area contributed by atoms with Crippen LogP contribution in [0.25, 0.3) is 12.2 Å². The molecule has 3 aromatic carbocycles. The second kappa shape index (κ2) is 8.36. The van der Waals surface area contributed by atoms with Crippen LogP contribution in [0.1, 0.15) is 56.3 Å². The Balaban J connectivity index is 1.58. The summed E-state index contributed by atoms with van der Waals surface area (Å²) in [5, 5.41) is 24.3. The van der Waals surface area contributed by atoms with E-state index in [-0.39, 0.29) is 17.0 Å². The highest BCUT2D eigenvalue weighted by Crippen LogP contribution is 2.26. The van der Waals surface area contributed by atoms with Gasteiger partial charge in [-0.15, -0.1) is 0 Å². The minimum atomic E-state index is -1.08.